The maximum absolute atomic E-state index is 13.3. The van der Waals surface area contributed by atoms with E-state index >= 15 is 0 Å². The fourth-order valence-corrected chi connectivity index (χ4v) is 4.33. The average molecular weight is 402 g/mol. The summed E-state index contributed by atoms with van der Waals surface area (Å²) >= 11 is 3.22. The molecule has 1 aromatic heterocycles. The molecule has 0 N–H and O–H groups in total. The van der Waals surface area contributed by atoms with Gasteiger partial charge in [0.05, 0.1) is 17.3 Å². The number of ether oxygens (including phenoxy) is 1. The molecule has 0 aliphatic rings. The first-order valence-electron chi connectivity index (χ1n) is 8.57. The van der Waals surface area contributed by atoms with Crippen molar-refractivity contribution in [1.82, 2.24) is 9.88 Å². The lowest BCUT2D eigenvalue weighted by atomic mass is 10.2. The predicted octanol–water partition coefficient (Wildman–Crippen LogP) is 4.24. The highest BCUT2D eigenvalue weighted by molar-refractivity contribution is 7.98. The van der Waals surface area contributed by atoms with E-state index < -0.39 is 0 Å². The molecule has 0 radical (unpaired) electrons. The molecule has 7 heteroatoms. The number of para-hydroxylation sites is 1. The van der Waals surface area contributed by atoms with Gasteiger partial charge in [0.2, 0.25) is 0 Å². The highest BCUT2D eigenvalue weighted by atomic mass is 32.2. The third-order valence-corrected chi connectivity index (χ3v) is 5.97. The summed E-state index contributed by atoms with van der Waals surface area (Å²) in [7, 11) is 5.60. The Kier molecular flexibility index (Phi) is 6.36. The summed E-state index contributed by atoms with van der Waals surface area (Å²) in [5.74, 6) is 0.600. The molecule has 3 rings (SSSR count). The quantitative estimate of drug-likeness (QED) is 0.554. The molecule has 0 spiro atoms. The molecule has 0 bridgehead atoms. The fourth-order valence-electron chi connectivity index (χ4n) is 2.69. The number of fused-ring (bicyclic) bond motifs is 1. The number of benzene rings is 2. The van der Waals surface area contributed by atoms with E-state index in [1.807, 2.05) is 44.6 Å². The largest absolute Gasteiger partial charge is 0.497 e. The van der Waals surface area contributed by atoms with Gasteiger partial charge in [-0.15, -0.1) is 11.8 Å². The maximum atomic E-state index is 13.3. The summed E-state index contributed by atoms with van der Waals surface area (Å²) in [5, 5.41) is 0.723. The highest BCUT2D eigenvalue weighted by Gasteiger charge is 2.22. The number of carbonyl (C=O) groups excluding carboxylic acids is 1. The molecule has 2 aromatic carbocycles. The Labute approximate surface area is 168 Å². The highest BCUT2D eigenvalue weighted by Crippen LogP contribution is 2.34. The van der Waals surface area contributed by atoms with Crippen LogP contribution >= 0.6 is 23.1 Å². The lowest BCUT2D eigenvalue weighted by Gasteiger charge is -2.22. The van der Waals surface area contributed by atoms with Gasteiger partial charge in [-0.1, -0.05) is 23.5 Å². The van der Waals surface area contributed by atoms with Crippen LogP contribution in [0.2, 0.25) is 0 Å². The van der Waals surface area contributed by atoms with E-state index in [-0.39, 0.29) is 5.91 Å². The van der Waals surface area contributed by atoms with Crippen LogP contribution in [0.4, 0.5) is 5.13 Å². The number of hydrogen-bond donors (Lipinski definition) is 0. The van der Waals surface area contributed by atoms with E-state index in [0.29, 0.717) is 17.9 Å². The van der Waals surface area contributed by atoms with Crippen LogP contribution in [0.1, 0.15) is 10.4 Å². The van der Waals surface area contributed by atoms with Gasteiger partial charge >= 0.3 is 0 Å². The molecule has 0 unspecified atom stereocenters. The van der Waals surface area contributed by atoms with Crippen LogP contribution in [0, 0.1) is 0 Å². The van der Waals surface area contributed by atoms with Crippen LogP contribution in [0.3, 0.4) is 0 Å². The van der Waals surface area contributed by atoms with E-state index in [1.165, 1.54) is 0 Å². The van der Waals surface area contributed by atoms with Crippen molar-refractivity contribution >= 4 is 44.4 Å². The topological polar surface area (TPSA) is 45.7 Å². The number of carbonyl (C=O) groups is 1. The fraction of sp³-hybridized carbons (Fsp3) is 0.300. The monoisotopic (exact) mass is 401 g/mol. The molecule has 0 fully saturated rings. The van der Waals surface area contributed by atoms with E-state index in [4.69, 9.17) is 9.72 Å². The molecular formula is C20H23N3O2S2. The maximum Gasteiger partial charge on any atom is 0.260 e. The molecule has 1 amide bonds. The van der Waals surface area contributed by atoms with Crippen LogP contribution in [0.25, 0.3) is 10.2 Å². The molecule has 142 valence electrons. The van der Waals surface area contributed by atoms with Gasteiger partial charge in [0, 0.05) is 23.5 Å². The summed E-state index contributed by atoms with van der Waals surface area (Å²) in [6.45, 7) is 1.32. The van der Waals surface area contributed by atoms with Gasteiger partial charge in [0.25, 0.3) is 5.91 Å². The zero-order valence-corrected chi connectivity index (χ0v) is 17.6. The predicted molar refractivity (Wildman–Crippen MR) is 115 cm³/mol. The molecule has 27 heavy (non-hydrogen) atoms. The van der Waals surface area contributed by atoms with Crippen LogP contribution in [0.15, 0.2) is 47.4 Å². The van der Waals surface area contributed by atoms with Gasteiger partial charge in [0.1, 0.15) is 5.75 Å². The Balaban J connectivity index is 2.01. The molecule has 0 aliphatic heterocycles. The summed E-state index contributed by atoms with van der Waals surface area (Å²) in [5.41, 5.74) is 1.55. The molecule has 5 nitrogen and oxygen atoms in total. The summed E-state index contributed by atoms with van der Waals surface area (Å²) < 4.78 is 6.36. The van der Waals surface area contributed by atoms with Crippen LogP contribution in [-0.4, -0.2) is 56.3 Å². The number of aromatic nitrogens is 1. The standard InChI is InChI=1S/C20H23N3O2S2/c1-22(2)11-12-23(19(24)14-7-5-8-15(13-14)25-3)20-21-18-16(26-4)9-6-10-17(18)27-20/h5-10,13H,11-12H2,1-4H3. The number of anilines is 1. The van der Waals surface area contributed by atoms with Gasteiger partial charge in [-0.3, -0.25) is 9.69 Å². The van der Waals surface area contributed by atoms with Gasteiger partial charge < -0.3 is 9.64 Å². The Morgan fingerprint density at radius 3 is 2.67 bits per heavy atom. The normalized spacial score (nSPS) is 11.1. The van der Waals surface area contributed by atoms with Crippen molar-refractivity contribution in [2.45, 2.75) is 4.90 Å². The van der Waals surface area contributed by atoms with Crippen molar-refractivity contribution in [2.24, 2.45) is 0 Å². The summed E-state index contributed by atoms with van der Waals surface area (Å²) in [6.07, 6.45) is 2.04. The van der Waals surface area contributed by atoms with E-state index in [2.05, 4.69) is 17.0 Å². The Bertz CT molecular complexity index is 940. The lowest BCUT2D eigenvalue weighted by molar-refractivity contribution is 0.0985. The number of methoxy groups -OCH3 is 1. The number of thioether (sulfide) groups is 1. The molecule has 0 saturated heterocycles. The third kappa shape index (κ3) is 4.43. The second-order valence-electron chi connectivity index (χ2n) is 6.30. The summed E-state index contributed by atoms with van der Waals surface area (Å²) in [6, 6.07) is 13.4. The molecule has 0 atom stereocenters. The summed E-state index contributed by atoms with van der Waals surface area (Å²) in [4.78, 5) is 23.0. The second kappa shape index (κ2) is 8.73. The Hall–Kier alpha value is -2.09. The number of rotatable bonds is 7. The number of thiazole rings is 1. The first-order chi connectivity index (χ1) is 13.0. The SMILES string of the molecule is COc1cccc(C(=O)N(CCN(C)C)c2nc3c(SC)cccc3s2)c1. The number of nitrogens with zero attached hydrogens (tertiary/aromatic N) is 3. The van der Waals surface area contributed by atoms with Crippen molar-refractivity contribution in [1.29, 1.82) is 0 Å². The Morgan fingerprint density at radius 2 is 1.96 bits per heavy atom. The van der Waals surface area contributed by atoms with Crippen molar-refractivity contribution < 1.29 is 9.53 Å². The lowest BCUT2D eigenvalue weighted by Crippen LogP contribution is -2.36. The minimum Gasteiger partial charge on any atom is -0.497 e. The van der Waals surface area contributed by atoms with E-state index in [1.54, 1.807) is 41.2 Å². The molecule has 1 heterocycles. The van der Waals surface area contributed by atoms with E-state index in [0.717, 1.165) is 26.8 Å². The Morgan fingerprint density at radius 1 is 1.19 bits per heavy atom. The smallest absolute Gasteiger partial charge is 0.260 e. The first kappa shape index (κ1) is 19.7. The minimum atomic E-state index is -0.0690. The number of hydrogen-bond acceptors (Lipinski definition) is 6. The third-order valence-electron chi connectivity index (χ3n) is 4.15. The van der Waals surface area contributed by atoms with Crippen molar-refractivity contribution in [2.75, 3.05) is 45.5 Å². The zero-order valence-electron chi connectivity index (χ0n) is 15.9. The molecular weight excluding hydrogens is 378 g/mol. The van der Waals surface area contributed by atoms with Gasteiger partial charge in [-0.05, 0) is 50.7 Å². The van der Waals surface area contributed by atoms with Crippen LogP contribution in [0.5, 0.6) is 5.75 Å². The van der Waals surface area contributed by atoms with Crippen LogP contribution < -0.4 is 9.64 Å². The number of amides is 1. The van der Waals surface area contributed by atoms with Crippen molar-refractivity contribution in [3.63, 3.8) is 0 Å². The second-order valence-corrected chi connectivity index (χ2v) is 8.15. The molecule has 0 saturated carbocycles. The minimum absolute atomic E-state index is 0.0690. The van der Waals surface area contributed by atoms with Gasteiger partial charge in [-0.25, -0.2) is 4.98 Å². The van der Waals surface area contributed by atoms with Crippen LogP contribution in [-0.2, 0) is 0 Å². The van der Waals surface area contributed by atoms with Gasteiger partial charge in [-0.2, -0.15) is 0 Å². The van der Waals surface area contributed by atoms with Crippen molar-refractivity contribution in [3.8, 4) is 5.75 Å². The first-order valence-corrected chi connectivity index (χ1v) is 10.6. The van der Waals surface area contributed by atoms with E-state index in [9.17, 15) is 4.79 Å². The van der Waals surface area contributed by atoms with Crippen molar-refractivity contribution in [3.05, 3.63) is 48.0 Å². The van der Waals surface area contributed by atoms with Gasteiger partial charge in [0.15, 0.2) is 5.13 Å². The number of likely N-dealkylation sites (N-methyl/N-ethyl adjacent to an activating group) is 1. The zero-order chi connectivity index (χ0) is 19.4. The molecule has 0 aliphatic carbocycles. The molecule has 3 aromatic rings. The average Bonchev–Trinajstić information content (AvgIpc) is 3.11.